The summed E-state index contributed by atoms with van der Waals surface area (Å²) in [6, 6.07) is 0. The second kappa shape index (κ2) is 3.90. The molecule has 1 fully saturated rings. The van der Waals surface area contributed by atoms with Crippen molar-refractivity contribution in [3.05, 3.63) is 0 Å². The summed E-state index contributed by atoms with van der Waals surface area (Å²) >= 11 is 0. The number of hydrogen-bond acceptors (Lipinski definition) is 2. The quantitative estimate of drug-likeness (QED) is 0.674. The maximum Gasteiger partial charge on any atom is 0.309 e. The lowest BCUT2D eigenvalue weighted by atomic mass is 9.72. The first-order valence-corrected chi connectivity index (χ1v) is 4.65. The zero-order valence-corrected chi connectivity index (χ0v) is 7.38. The van der Waals surface area contributed by atoms with E-state index in [1.807, 2.05) is 0 Å². The van der Waals surface area contributed by atoms with Gasteiger partial charge in [-0.2, -0.15) is 0 Å². The normalized spacial score (nSPS) is 22.1. The van der Waals surface area contributed by atoms with Crippen molar-refractivity contribution in [3.63, 3.8) is 0 Å². The van der Waals surface area contributed by atoms with Gasteiger partial charge in [-0.05, 0) is 25.8 Å². The molecule has 1 saturated carbocycles. The molecule has 3 nitrogen and oxygen atoms in total. The molecule has 12 heavy (non-hydrogen) atoms. The molecule has 0 aromatic carbocycles. The summed E-state index contributed by atoms with van der Waals surface area (Å²) in [5.74, 6) is -0.646. The van der Waals surface area contributed by atoms with E-state index in [4.69, 9.17) is 10.8 Å². The van der Waals surface area contributed by atoms with E-state index in [0.29, 0.717) is 13.0 Å². The topological polar surface area (TPSA) is 63.3 Å². The van der Waals surface area contributed by atoms with Crippen molar-refractivity contribution in [1.29, 1.82) is 0 Å². The monoisotopic (exact) mass is 171 g/mol. The van der Waals surface area contributed by atoms with Gasteiger partial charge in [-0.3, -0.25) is 4.79 Å². The lowest BCUT2D eigenvalue weighted by Crippen LogP contribution is -2.35. The molecule has 0 spiro atoms. The van der Waals surface area contributed by atoms with Gasteiger partial charge in [0.25, 0.3) is 0 Å². The van der Waals surface area contributed by atoms with Crippen molar-refractivity contribution >= 4 is 5.97 Å². The summed E-state index contributed by atoms with van der Waals surface area (Å²) < 4.78 is 0. The van der Waals surface area contributed by atoms with E-state index in [1.54, 1.807) is 0 Å². The van der Waals surface area contributed by atoms with Gasteiger partial charge in [-0.25, -0.2) is 0 Å². The third kappa shape index (κ3) is 1.78. The molecule has 0 saturated heterocycles. The van der Waals surface area contributed by atoms with E-state index in [9.17, 15) is 4.79 Å². The Hall–Kier alpha value is -0.570. The molecule has 70 valence electrons. The standard InChI is InChI=1S/C9H17NO2/c10-7-6-9(8(11)12)4-2-1-3-5-9/h1-7,10H2,(H,11,12). The van der Waals surface area contributed by atoms with Crippen molar-refractivity contribution in [2.24, 2.45) is 11.1 Å². The minimum atomic E-state index is -0.646. The first kappa shape index (κ1) is 9.52. The Morgan fingerprint density at radius 3 is 2.33 bits per heavy atom. The van der Waals surface area contributed by atoms with Crippen LogP contribution in [0.25, 0.3) is 0 Å². The van der Waals surface area contributed by atoms with Gasteiger partial charge < -0.3 is 10.8 Å². The predicted octanol–water partition coefficient (Wildman–Crippen LogP) is 1.37. The second-order valence-electron chi connectivity index (χ2n) is 3.68. The molecule has 0 aromatic rings. The van der Waals surface area contributed by atoms with Crippen LogP contribution >= 0.6 is 0 Å². The highest BCUT2D eigenvalue weighted by molar-refractivity contribution is 5.74. The molecule has 0 heterocycles. The highest BCUT2D eigenvalue weighted by Gasteiger charge is 2.38. The first-order valence-electron chi connectivity index (χ1n) is 4.65. The maximum absolute atomic E-state index is 11.0. The SMILES string of the molecule is NCCC1(C(=O)O)CCCCC1. The lowest BCUT2D eigenvalue weighted by Gasteiger charge is -2.32. The van der Waals surface area contributed by atoms with Crippen LogP contribution in [0.5, 0.6) is 0 Å². The molecule has 0 unspecified atom stereocenters. The smallest absolute Gasteiger partial charge is 0.309 e. The molecule has 1 rings (SSSR count). The number of nitrogens with two attached hydrogens (primary N) is 1. The minimum absolute atomic E-state index is 0.479. The van der Waals surface area contributed by atoms with Gasteiger partial charge in [0.05, 0.1) is 5.41 Å². The van der Waals surface area contributed by atoms with Gasteiger partial charge in [0, 0.05) is 0 Å². The van der Waals surface area contributed by atoms with E-state index >= 15 is 0 Å². The summed E-state index contributed by atoms with van der Waals surface area (Å²) in [5, 5.41) is 9.06. The van der Waals surface area contributed by atoms with Crippen LogP contribution in [0.1, 0.15) is 38.5 Å². The Balaban J connectivity index is 2.63. The Kier molecular flexibility index (Phi) is 3.09. The molecule has 0 aliphatic heterocycles. The van der Waals surface area contributed by atoms with E-state index < -0.39 is 11.4 Å². The van der Waals surface area contributed by atoms with E-state index in [-0.39, 0.29) is 0 Å². The highest BCUT2D eigenvalue weighted by Crippen LogP contribution is 2.38. The molecule has 3 N–H and O–H groups in total. The average Bonchev–Trinajstić information content (AvgIpc) is 2.06. The molecule has 0 aromatic heterocycles. The van der Waals surface area contributed by atoms with Crippen molar-refractivity contribution in [2.45, 2.75) is 38.5 Å². The number of carboxylic acids is 1. The van der Waals surface area contributed by atoms with Crippen molar-refractivity contribution in [3.8, 4) is 0 Å². The number of hydrogen-bond donors (Lipinski definition) is 2. The fourth-order valence-corrected chi connectivity index (χ4v) is 2.08. The first-order chi connectivity index (χ1) is 5.71. The molecular formula is C9H17NO2. The number of aliphatic carboxylic acids is 1. The van der Waals surface area contributed by atoms with Crippen LogP contribution in [-0.2, 0) is 4.79 Å². The maximum atomic E-state index is 11.0. The summed E-state index contributed by atoms with van der Waals surface area (Å²) in [4.78, 5) is 11.0. The third-order valence-electron chi connectivity index (χ3n) is 2.89. The minimum Gasteiger partial charge on any atom is -0.481 e. The summed E-state index contributed by atoms with van der Waals surface area (Å²) in [6.07, 6.45) is 5.56. The Morgan fingerprint density at radius 2 is 1.92 bits per heavy atom. The molecule has 1 aliphatic carbocycles. The molecule has 0 atom stereocenters. The Bertz CT molecular complexity index is 156. The van der Waals surface area contributed by atoms with E-state index in [2.05, 4.69) is 0 Å². The largest absolute Gasteiger partial charge is 0.481 e. The number of carboxylic acid groups (broad SMARTS) is 1. The van der Waals surface area contributed by atoms with Crippen LogP contribution in [0.15, 0.2) is 0 Å². The van der Waals surface area contributed by atoms with Crippen molar-refractivity contribution in [2.75, 3.05) is 6.54 Å². The Morgan fingerprint density at radius 1 is 1.33 bits per heavy atom. The van der Waals surface area contributed by atoms with Crippen molar-refractivity contribution < 1.29 is 9.90 Å². The number of rotatable bonds is 3. The van der Waals surface area contributed by atoms with Gasteiger partial charge in [-0.1, -0.05) is 19.3 Å². The highest BCUT2D eigenvalue weighted by atomic mass is 16.4. The van der Waals surface area contributed by atoms with Gasteiger partial charge in [0.15, 0.2) is 0 Å². The van der Waals surface area contributed by atoms with Gasteiger partial charge >= 0.3 is 5.97 Å². The van der Waals surface area contributed by atoms with Crippen molar-refractivity contribution in [1.82, 2.24) is 0 Å². The summed E-state index contributed by atoms with van der Waals surface area (Å²) in [6.45, 7) is 0.492. The van der Waals surface area contributed by atoms with Crippen LogP contribution in [0.3, 0.4) is 0 Å². The fraction of sp³-hybridized carbons (Fsp3) is 0.889. The molecule has 0 amide bonds. The van der Waals surface area contributed by atoms with Gasteiger partial charge in [-0.15, -0.1) is 0 Å². The van der Waals surface area contributed by atoms with Crippen LogP contribution in [-0.4, -0.2) is 17.6 Å². The van der Waals surface area contributed by atoms with Crippen LogP contribution < -0.4 is 5.73 Å². The average molecular weight is 171 g/mol. The molecule has 3 heteroatoms. The van der Waals surface area contributed by atoms with Gasteiger partial charge in [0.2, 0.25) is 0 Å². The Labute approximate surface area is 72.9 Å². The molecule has 0 radical (unpaired) electrons. The second-order valence-corrected chi connectivity index (χ2v) is 3.68. The predicted molar refractivity (Wildman–Crippen MR) is 46.8 cm³/mol. The molecular weight excluding hydrogens is 154 g/mol. The van der Waals surface area contributed by atoms with Crippen LogP contribution in [0.4, 0.5) is 0 Å². The van der Waals surface area contributed by atoms with Crippen LogP contribution in [0.2, 0.25) is 0 Å². The zero-order chi connectivity index (χ0) is 9.03. The molecule has 0 bridgehead atoms. The summed E-state index contributed by atoms with van der Waals surface area (Å²) in [5.41, 5.74) is 4.94. The third-order valence-corrected chi connectivity index (χ3v) is 2.89. The fourth-order valence-electron chi connectivity index (χ4n) is 2.08. The lowest BCUT2D eigenvalue weighted by molar-refractivity contribution is -0.151. The zero-order valence-electron chi connectivity index (χ0n) is 7.38. The van der Waals surface area contributed by atoms with Gasteiger partial charge in [0.1, 0.15) is 0 Å². The summed E-state index contributed by atoms with van der Waals surface area (Å²) in [7, 11) is 0. The van der Waals surface area contributed by atoms with Crippen LogP contribution in [0, 0.1) is 5.41 Å². The molecule has 1 aliphatic rings. The van der Waals surface area contributed by atoms with E-state index in [0.717, 1.165) is 25.7 Å². The number of carbonyl (C=O) groups is 1. The van der Waals surface area contributed by atoms with E-state index in [1.165, 1.54) is 6.42 Å².